The van der Waals surface area contributed by atoms with Crippen molar-refractivity contribution in [1.29, 1.82) is 0 Å². The first-order valence-corrected chi connectivity index (χ1v) is 17.3. The molecule has 0 aliphatic heterocycles. The van der Waals surface area contributed by atoms with Gasteiger partial charge in [0.2, 0.25) is 23.0 Å². The largest absolute Gasteiger partial charge is 0.493 e. The summed E-state index contributed by atoms with van der Waals surface area (Å²) < 4.78 is 19.1. The summed E-state index contributed by atoms with van der Waals surface area (Å²) in [5.41, 5.74) is 4.29. The van der Waals surface area contributed by atoms with Crippen molar-refractivity contribution in [3.63, 3.8) is 0 Å². The number of nitrogens with zero attached hydrogens (tertiary/aromatic N) is 3. The van der Waals surface area contributed by atoms with E-state index in [1.54, 1.807) is 33.5 Å². The van der Waals surface area contributed by atoms with E-state index in [9.17, 15) is 14.4 Å². The highest BCUT2D eigenvalue weighted by atomic mass is 16.5. The summed E-state index contributed by atoms with van der Waals surface area (Å²) in [5.74, 6) is 2.41. The number of ether oxygens (including phenoxy) is 3. The van der Waals surface area contributed by atoms with Crippen molar-refractivity contribution in [1.82, 2.24) is 25.2 Å². The summed E-state index contributed by atoms with van der Waals surface area (Å²) in [6, 6.07) is 12.4. The minimum Gasteiger partial charge on any atom is -0.493 e. The first kappa shape index (κ1) is 36.2. The lowest BCUT2D eigenvalue weighted by Gasteiger charge is -2.19. The molecule has 2 aromatic carbocycles. The van der Waals surface area contributed by atoms with Crippen LogP contribution in [0.5, 0.6) is 17.2 Å². The van der Waals surface area contributed by atoms with E-state index in [2.05, 4.69) is 40.0 Å². The molecule has 0 saturated heterocycles. The normalized spacial score (nSPS) is 14.3. The minimum atomic E-state index is -0.376. The maximum atomic E-state index is 13.6. The van der Waals surface area contributed by atoms with E-state index in [-0.39, 0.29) is 29.3 Å². The van der Waals surface area contributed by atoms with Gasteiger partial charge in [-0.25, -0.2) is 0 Å². The molecule has 2 unspecified atom stereocenters. The van der Waals surface area contributed by atoms with Crippen molar-refractivity contribution < 1.29 is 23.8 Å². The van der Waals surface area contributed by atoms with Crippen molar-refractivity contribution in [2.24, 2.45) is 5.92 Å². The van der Waals surface area contributed by atoms with Crippen LogP contribution in [0.3, 0.4) is 0 Å². The zero-order chi connectivity index (χ0) is 35.8. The molecular formula is C38H48N6O6. The molecule has 3 N–H and O–H groups in total. The Bertz CT molecular complexity index is 1890. The molecule has 266 valence electrons. The van der Waals surface area contributed by atoms with Gasteiger partial charge in [0.15, 0.2) is 23.0 Å². The van der Waals surface area contributed by atoms with Crippen LogP contribution in [-0.4, -0.2) is 54.3 Å². The summed E-state index contributed by atoms with van der Waals surface area (Å²) in [7, 11) is 4.72. The molecular weight excluding hydrogens is 636 g/mol. The molecule has 2 aromatic heterocycles. The average Bonchev–Trinajstić information content (AvgIpc) is 3.39. The number of hydrogen-bond acceptors (Lipinski definition) is 9. The molecule has 0 spiro atoms. The second-order valence-corrected chi connectivity index (χ2v) is 13.1. The van der Waals surface area contributed by atoms with Crippen LogP contribution in [0.25, 0.3) is 16.8 Å². The Kier molecular flexibility index (Phi) is 11.9. The lowest BCUT2D eigenvalue weighted by Crippen LogP contribution is -2.30. The SMILES string of the molecule is COc1cc2c(c(OC)c1OC)-c1ccc(NCCCCCC(=O)NC(CC(C)C)c3nnc4ccccn34)c(=O)cc1C(NC(C)=O)CC2. The molecule has 1 aliphatic rings. The first-order valence-electron chi connectivity index (χ1n) is 17.3. The zero-order valence-electron chi connectivity index (χ0n) is 29.8. The van der Waals surface area contributed by atoms with Crippen LogP contribution in [-0.2, 0) is 16.0 Å². The second kappa shape index (κ2) is 16.5. The highest BCUT2D eigenvalue weighted by molar-refractivity contribution is 5.84. The Morgan fingerprint density at radius 3 is 2.50 bits per heavy atom. The number of unbranched alkanes of at least 4 members (excludes halogenated alkanes) is 2. The summed E-state index contributed by atoms with van der Waals surface area (Å²) in [6.45, 7) is 6.29. The summed E-state index contributed by atoms with van der Waals surface area (Å²) in [4.78, 5) is 38.8. The molecule has 12 nitrogen and oxygen atoms in total. The Hall–Kier alpha value is -5.13. The molecule has 0 bridgehead atoms. The monoisotopic (exact) mass is 684 g/mol. The number of nitrogens with one attached hydrogen (secondary N) is 3. The van der Waals surface area contributed by atoms with E-state index >= 15 is 0 Å². The highest BCUT2D eigenvalue weighted by Crippen LogP contribution is 2.50. The van der Waals surface area contributed by atoms with Crippen LogP contribution < -0.4 is 35.6 Å². The quantitative estimate of drug-likeness (QED) is 0.133. The first-order chi connectivity index (χ1) is 24.1. The van der Waals surface area contributed by atoms with E-state index in [0.717, 1.165) is 47.4 Å². The molecule has 12 heteroatoms. The van der Waals surface area contributed by atoms with E-state index in [1.807, 2.05) is 40.9 Å². The second-order valence-electron chi connectivity index (χ2n) is 13.1. The molecule has 2 atom stereocenters. The fraction of sp³-hybridized carbons (Fsp3) is 0.447. The Morgan fingerprint density at radius 1 is 0.980 bits per heavy atom. The Labute approximate surface area is 292 Å². The van der Waals surface area contributed by atoms with Gasteiger partial charge in [0.05, 0.1) is 39.1 Å². The number of methoxy groups -OCH3 is 3. The minimum absolute atomic E-state index is 0.0200. The van der Waals surface area contributed by atoms with Crippen LogP contribution >= 0.6 is 0 Å². The smallest absolute Gasteiger partial charge is 0.220 e. The van der Waals surface area contributed by atoms with Crippen molar-refractivity contribution in [2.45, 2.75) is 77.8 Å². The van der Waals surface area contributed by atoms with Crippen LogP contribution in [0, 0.1) is 5.92 Å². The maximum Gasteiger partial charge on any atom is 0.220 e. The van der Waals surface area contributed by atoms with Crippen LogP contribution in [0.2, 0.25) is 0 Å². The van der Waals surface area contributed by atoms with E-state index in [1.165, 1.54) is 6.92 Å². The average molecular weight is 685 g/mol. The molecule has 0 saturated carbocycles. The summed E-state index contributed by atoms with van der Waals surface area (Å²) in [6.07, 6.45) is 6.58. The Morgan fingerprint density at radius 2 is 1.78 bits per heavy atom. The van der Waals surface area contributed by atoms with Gasteiger partial charge in [0.25, 0.3) is 0 Å². The van der Waals surface area contributed by atoms with Crippen molar-refractivity contribution in [2.75, 3.05) is 33.2 Å². The van der Waals surface area contributed by atoms with Gasteiger partial charge in [-0.1, -0.05) is 32.4 Å². The molecule has 0 fully saturated rings. The number of carbonyl (C=O) groups is 2. The molecule has 1 aliphatic carbocycles. The lowest BCUT2D eigenvalue weighted by molar-refractivity contribution is -0.122. The number of carbonyl (C=O) groups excluding carboxylic acids is 2. The molecule has 50 heavy (non-hydrogen) atoms. The summed E-state index contributed by atoms with van der Waals surface area (Å²) in [5, 5.41) is 18.1. The van der Waals surface area contributed by atoms with Gasteiger partial charge in [-0.15, -0.1) is 10.2 Å². The van der Waals surface area contributed by atoms with Gasteiger partial charge in [0, 0.05) is 31.6 Å². The van der Waals surface area contributed by atoms with Crippen molar-refractivity contribution in [3.05, 3.63) is 75.8 Å². The predicted molar refractivity (Wildman–Crippen MR) is 193 cm³/mol. The van der Waals surface area contributed by atoms with Gasteiger partial charge in [-0.2, -0.15) is 0 Å². The third-order valence-electron chi connectivity index (χ3n) is 9.01. The molecule has 5 rings (SSSR count). The van der Waals surface area contributed by atoms with E-state index in [0.29, 0.717) is 66.6 Å². The fourth-order valence-electron chi connectivity index (χ4n) is 6.73. The van der Waals surface area contributed by atoms with Gasteiger partial charge < -0.3 is 30.2 Å². The van der Waals surface area contributed by atoms with Crippen LogP contribution in [0.4, 0.5) is 5.69 Å². The zero-order valence-corrected chi connectivity index (χ0v) is 29.8. The predicted octanol–water partition coefficient (Wildman–Crippen LogP) is 5.78. The summed E-state index contributed by atoms with van der Waals surface area (Å²) >= 11 is 0. The van der Waals surface area contributed by atoms with E-state index in [4.69, 9.17) is 14.2 Å². The third kappa shape index (κ3) is 8.18. The lowest BCUT2D eigenvalue weighted by atomic mass is 9.95. The van der Waals surface area contributed by atoms with Gasteiger partial charge >= 0.3 is 0 Å². The topological polar surface area (TPSA) is 145 Å². The van der Waals surface area contributed by atoms with Crippen molar-refractivity contribution >= 4 is 23.1 Å². The van der Waals surface area contributed by atoms with Crippen LogP contribution in [0.1, 0.15) is 88.3 Å². The number of hydrogen-bond donors (Lipinski definition) is 3. The highest BCUT2D eigenvalue weighted by Gasteiger charge is 2.29. The standard InChI is InChI=1S/C38H48N6O6/c1-23(2)20-30(38-43-42-33-12-9-11-19-44(33)38)41-34(47)13-8-7-10-18-39-29-17-15-26-27(22-31(29)46)28(40-24(3)45)16-14-25-21-32(48-4)36(49-5)37(50-6)35(25)26/h9,11-12,15,17,19,21-23,28,30H,7-8,10,13-14,16,18,20H2,1-6H3,(H,39,46)(H,40,45)(H,41,47). The van der Waals surface area contributed by atoms with Gasteiger partial charge in [-0.3, -0.25) is 18.8 Å². The van der Waals surface area contributed by atoms with Crippen LogP contribution in [0.15, 0.2) is 53.5 Å². The number of aryl methyl sites for hydroxylation is 1. The number of aromatic nitrogens is 3. The number of fused-ring (bicyclic) bond motifs is 4. The fourth-order valence-corrected chi connectivity index (χ4v) is 6.73. The number of benzene rings is 1. The number of pyridine rings is 1. The number of rotatable bonds is 15. The number of amides is 2. The molecule has 4 aromatic rings. The number of anilines is 1. The van der Waals surface area contributed by atoms with Gasteiger partial charge in [-0.05, 0) is 85.0 Å². The maximum absolute atomic E-state index is 13.6. The van der Waals surface area contributed by atoms with E-state index < -0.39 is 0 Å². The third-order valence-corrected chi connectivity index (χ3v) is 9.01. The molecule has 2 heterocycles. The Balaban J connectivity index is 1.26. The molecule has 2 amide bonds. The molecule has 0 radical (unpaired) electrons. The van der Waals surface area contributed by atoms with Gasteiger partial charge in [0.1, 0.15) is 0 Å². The van der Waals surface area contributed by atoms with Crippen molar-refractivity contribution in [3.8, 4) is 28.4 Å².